The molecule has 0 aromatic heterocycles. The molecule has 1 rings (SSSR count). The summed E-state index contributed by atoms with van der Waals surface area (Å²) in [6, 6.07) is 6.34. The Labute approximate surface area is 98.3 Å². The topological polar surface area (TPSA) is 9.23 Å². The summed E-state index contributed by atoms with van der Waals surface area (Å²) < 4.78 is 5.61. The van der Waals surface area contributed by atoms with E-state index < -0.39 is 0 Å². The second kappa shape index (κ2) is 6.06. The molecule has 84 valence electrons. The number of thiol groups is 1. The molecule has 0 saturated heterocycles. The average molecular weight is 224 g/mol. The predicted octanol–water partition coefficient (Wildman–Crippen LogP) is 3.82. The zero-order chi connectivity index (χ0) is 11.3. The molecule has 0 unspecified atom stereocenters. The van der Waals surface area contributed by atoms with Gasteiger partial charge in [0.2, 0.25) is 0 Å². The predicted molar refractivity (Wildman–Crippen MR) is 69.2 cm³/mol. The first-order valence-corrected chi connectivity index (χ1v) is 6.12. The normalized spacial score (nSPS) is 10.7. The third-order valence-electron chi connectivity index (χ3n) is 2.43. The largest absolute Gasteiger partial charge is 0.494 e. The highest BCUT2D eigenvalue weighted by atomic mass is 32.1. The second-order valence-electron chi connectivity index (χ2n) is 4.10. The van der Waals surface area contributed by atoms with Crippen LogP contribution in [0, 0.1) is 6.92 Å². The number of benzene rings is 1. The molecule has 0 aliphatic rings. The Morgan fingerprint density at radius 1 is 1.33 bits per heavy atom. The van der Waals surface area contributed by atoms with E-state index in [1.54, 1.807) is 0 Å². The van der Waals surface area contributed by atoms with Gasteiger partial charge in [0.25, 0.3) is 0 Å². The molecule has 0 atom stereocenters. The Bertz CT molecular complexity index is 307. The van der Waals surface area contributed by atoms with E-state index in [1.807, 2.05) is 0 Å². The van der Waals surface area contributed by atoms with Gasteiger partial charge in [-0.05, 0) is 48.3 Å². The number of hydrogen-bond donors (Lipinski definition) is 1. The van der Waals surface area contributed by atoms with Crippen LogP contribution in [0.15, 0.2) is 18.2 Å². The molecule has 0 aliphatic carbocycles. The summed E-state index contributed by atoms with van der Waals surface area (Å²) >= 11 is 4.15. The molecule has 0 saturated carbocycles. The highest BCUT2D eigenvalue weighted by Gasteiger charge is 2.04. The van der Waals surface area contributed by atoms with Crippen LogP contribution < -0.4 is 4.74 Å². The maximum Gasteiger partial charge on any atom is 0.119 e. The van der Waals surface area contributed by atoms with Crippen LogP contribution in [0.4, 0.5) is 0 Å². The fourth-order valence-electron chi connectivity index (χ4n) is 1.64. The molecule has 0 bridgehead atoms. The Kier molecular flexibility index (Phi) is 5.03. The molecule has 1 aromatic rings. The van der Waals surface area contributed by atoms with Crippen molar-refractivity contribution >= 4 is 12.6 Å². The van der Waals surface area contributed by atoms with Crippen molar-refractivity contribution < 1.29 is 4.74 Å². The monoisotopic (exact) mass is 224 g/mol. The fourth-order valence-corrected chi connectivity index (χ4v) is 1.77. The van der Waals surface area contributed by atoms with Gasteiger partial charge in [-0.15, -0.1) is 0 Å². The van der Waals surface area contributed by atoms with Crippen molar-refractivity contribution in [3.05, 3.63) is 29.3 Å². The van der Waals surface area contributed by atoms with E-state index in [1.165, 1.54) is 11.1 Å². The lowest BCUT2D eigenvalue weighted by Gasteiger charge is -2.12. The van der Waals surface area contributed by atoms with Crippen LogP contribution in [0.5, 0.6) is 5.75 Å². The molecule has 1 aromatic carbocycles. The van der Waals surface area contributed by atoms with E-state index in [0.29, 0.717) is 5.92 Å². The number of rotatable bonds is 5. The molecule has 2 heteroatoms. The molecule has 0 heterocycles. The van der Waals surface area contributed by atoms with Crippen LogP contribution in [-0.2, 0) is 0 Å². The highest BCUT2D eigenvalue weighted by Crippen LogP contribution is 2.23. The summed E-state index contributed by atoms with van der Waals surface area (Å²) in [4.78, 5) is 0. The maximum absolute atomic E-state index is 5.61. The molecule has 0 N–H and O–H groups in total. The third-order valence-corrected chi connectivity index (χ3v) is 2.75. The average Bonchev–Trinajstić information content (AvgIpc) is 2.17. The Hall–Kier alpha value is -0.630. The van der Waals surface area contributed by atoms with Crippen molar-refractivity contribution in [2.45, 2.75) is 33.1 Å². The number of ether oxygens (including phenoxy) is 1. The molecule has 0 radical (unpaired) electrons. The minimum absolute atomic E-state index is 0.580. The van der Waals surface area contributed by atoms with Crippen LogP contribution in [0.25, 0.3) is 0 Å². The van der Waals surface area contributed by atoms with E-state index in [-0.39, 0.29) is 0 Å². The van der Waals surface area contributed by atoms with Crippen LogP contribution in [0.1, 0.15) is 37.3 Å². The van der Waals surface area contributed by atoms with Gasteiger partial charge in [-0.2, -0.15) is 12.6 Å². The molecular formula is C13H20OS. The zero-order valence-corrected chi connectivity index (χ0v) is 10.7. The van der Waals surface area contributed by atoms with Crippen molar-refractivity contribution in [3.8, 4) is 5.75 Å². The summed E-state index contributed by atoms with van der Waals surface area (Å²) in [5, 5.41) is 0. The zero-order valence-electron chi connectivity index (χ0n) is 9.79. The third kappa shape index (κ3) is 3.78. The molecule has 0 fully saturated rings. The van der Waals surface area contributed by atoms with E-state index in [0.717, 1.165) is 24.5 Å². The first-order chi connectivity index (χ1) is 7.15. The van der Waals surface area contributed by atoms with Gasteiger partial charge in [0.05, 0.1) is 6.61 Å². The van der Waals surface area contributed by atoms with Gasteiger partial charge >= 0.3 is 0 Å². The number of aryl methyl sites for hydroxylation is 1. The lowest BCUT2D eigenvalue weighted by atomic mass is 9.98. The van der Waals surface area contributed by atoms with Crippen LogP contribution in [-0.4, -0.2) is 12.4 Å². The van der Waals surface area contributed by atoms with E-state index in [2.05, 4.69) is 51.6 Å². The maximum atomic E-state index is 5.61. The minimum Gasteiger partial charge on any atom is -0.494 e. The number of hydrogen-bond acceptors (Lipinski definition) is 2. The standard InChI is InChI=1S/C13H20OS/c1-10(2)13-6-5-12(9-11(13)3)14-7-4-8-15/h5-6,9-10,15H,4,7-8H2,1-3H3. The van der Waals surface area contributed by atoms with Crippen LogP contribution in [0.3, 0.4) is 0 Å². The summed E-state index contributed by atoms with van der Waals surface area (Å²) in [6.45, 7) is 7.32. The van der Waals surface area contributed by atoms with Gasteiger partial charge in [-0.25, -0.2) is 0 Å². The Morgan fingerprint density at radius 2 is 2.07 bits per heavy atom. The quantitative estimate of drug-likeness (QED) is 0.591. The lowest BCUT2D eigenvalue weighted by molar-refractivity contribution is 0.318. The fraction of sp³-hybridized carbons (Fsp3) is 0.538. The SMILES string of the molecule is Cc1cc(OCCCS)ccc1C(C)C. The summed E-state index contributed by atoms with van der Waals surface area (Å²) in [5.74, 6) is 2.43. The van der Waals surface area contributed by atoms with Crippen molar-refractivity contribution in [2.75, 3.05) is 12.4 Å². The first kappa shape index (κ1) is 12.4. The Balaban J connectivity index is 2.65. The van der Waals surface area contributed by atoms with Crippen molar-refractivity contribution in [1.29, 1.82) is 0 Å². The molecule has 1 nitrogen and oxygen atoms in total. The lowest BCUT2D eigenvalue weighted by Crippen LogP contribution is -1.99. The van der Waals surface area contributed by atoms with Crippen LogP contribution in [0.2, 0.25) is 0 Å². The van der Waals surface area contributed by atoms with Crippen molar-refractivity contribution in [3.63, 3.8) is 0 Å². The van der Waals surface area contributed by atoms with Gasteiger partial charge < -0.3 is 4.74 Å². The van der Waals surface area contributed by atoms with Gasteiger partial charge in [0.1, 0.15) is 5.75 Å². The van der Waals surface area contributed by atoms with Crippen molar-refractivity contribution in [1.82, 2.24) is 0 Å². The minimum atomic E-state index is 0.580. The molecule has 0 amide bonds. The molecule has 0 spiro atoms. The van der Waals surface area contributed by atoms with Crippen LogP contribution >= 0.6 is 12.6 Å². The van der Waals surface area contributed by atoms with Gasteiger partial charge in [-0.1, -0.05) is 19.9 Å². The second-order valence-corrected chi connectivity index (χ2v) is 4.55. The van der Waals surface area contributed by atoms with Crippen molar-refractivity contribution in [2.24, 2.45) is 0 Å². The smallest absolute Gasteiger partial charge is 0.119 e. The first-order valence-electron chi connectivity index (χ1n) is 5.49. The Morgan fingerprint density at radius 3 is 2.60 bits per heavy atom. The summed E-state index contributed by atoms with van der Waals surface area (Å²) in [7, 11) is 0. The van der Waals surface area contributed by atoms with E-state index >= 15 is 0 Å². The van der Waals surface area contributed by atoms with E-state index in [4.69, 9.17) is 4.74 Å². The summed E-state index contributed by atoms with van der Waals surface area (Å²) in [6.07, 6.45) is 0.994. The molecular weight excluding hydrogens is 204 g/mol. The van der Waals surface area contributed by atoms with Gasteiger partial charge in [0.15, 0.2) is 0 Å². The highest BCUT2D eigenvalue weighted by molar-refractivity contribution is 7.80. The molecule has 0 aliphatic heterocycles. The molecule has 15 heavy (non-hydrogen) atoms. The van der Waals surface area contributed by atoms with Gasteiger partial charge in [0, 0.05) is 0 Å². The summed E-state index contributed by atoms with van der Waals surface area (Å²) in [5.41, 5.74) is 2.71. The van der Waals surface area contributed by atoms with E-state index in [9.17, 15) is 0 Å². The van der Waals surface area contributed by atoms with Gasteiger partial charge in [-0.3, -0.25) is 0 Å².